The van der Waals surface area contributed by atoms with Gasteiger partial charge in [0, 0.05) is 49.9 Å². The Bertz CT molecular complexity index is 994. The lowest BCUT2D eigenvalue weighted by atomic mass is 10.1. The summed E-state index contributed by atoms with van der Waals surface area (Å²) in [6.45, 7) is 2.16. The Hall–Kier alpha value is -2.16. The Kier molecular flexibility index (Phi) is 6.26. The molecule has 1 saturated carbocycles. The first kappa shape index (κ1) is 21.1. The number of nitrogens with one attached hydrogen (secondary N) is 1. The second-order valence-electron chi connectivity index (χ2n) is 7.65. The van der Waals surface area contributed by atoms with E-state index >= 15 is 0 Å². The normalized spacial score (nSPS) is 22.0. The zero-order chi connectivity index (χ0) is 21.1. The minimum atomic E-state index is -3.41. The number of nitrogens with zero attached hydrogens (tertiary/aromatic N) is 3. The molecular weight excluding hydrogens is 424 g/mol. The van der Waals surface area contributed by atoms with Crippen molar-refractivity contribution in [3.63, 3.8) is 0 Å². The number of carbonyl (C=O) groups is 1. The smallest absolute Gasteiger partial charge is 0.223 e. The van der Waals surface area contributed by atoms with E-state index in [4.69, 9.17) is 11.6 Å². The van der Waals surface area contributed by atoms with Gasteiger partial charge in [0.1, 0.15) is 5.82 Å². The SMILES string of the molecule is O=C(NCCS(=O)(=O)N1CCN(c2ccccn2)CC1)C1CC1c1ccccc1Cl. The number of aromatic nitrogens is 1. The number of amides is 1. The Morgan fingerprint density at radius 1 is 1.10 bits per heavy atom. The highest BCUT2D eigenvalue weighted by Gasteiger charge is 2.44. The standard InChI is InChI=1S/C21H25ClN4O3S/c22-19-6-2-1-5-16(19)17-15-18(17)21(27)24-9-14-30(28,29)26-12-10-25(11-13-26)20-7-3-4-8-23-20/h1-8,17-18H,9-15H2,(H,24,27). The Balaban J connectivity index is 1.22. The van der Waals surface area contributed by atoms with Gasteiger partial charge in [-0.1, -0.05) is 35.9 Å². The van der Waals surface area contributed by atoms with E-state index in [0.29, 0.717) is 31.2 Å². The van der Waals surface area contributed by atoms with Gasteiger partial charge in [0.2, 0.25) is 15.9 Å². The number of sulfonamides is 1. The van der Waals surface area contributed by atoms with Crippen LogP contribution in [0.25, 0.3) is 0 Å². The molecule has 1 aromatic heterocycles. The van der Waals surface area contributed by atoms with E-state index < -0.39 is 10.0 Å². The summed E-state index contributed by atoms with van der Waals surface area (Å²) in [4.78, 5) is 18.8. The number of hydrogen-bond acceptors (Lipinski definition) is 5. The quantitative estimate of drug-likeness (QED) is 0.701. The van der Waals surface area contributed by atoms with Gasteiger partial charge < -0.3 is 10.2 Å². The van der Waals surface area contributed by atoms with Crippen LogP contribution in [0.5, 0.6) is 0 Å². The highest BCUT2D eigenvalue weighted by Crippen LogP contribution is 2.49. The van der Waals surface area contributed by atoms with Crippen LogP contribution in [0.3, 0.4) is 0 Å². The molecule has 1 aromatic carbocycles. The molecule has 0 radical (unpaired) electrons. The molecule has 2 unspecified atom stereocenters. The van der Waals surface area contributed by atoms with Crippen molar-refractivity contribution in [2.45, 2.75) is 12.3 Å². The molecule has 2 fully saturated rings. The molecule has 7 nitrogen and oxygen atoms in total. The maximum Gasteiger partial charge on any atom is 0.223 e. The van der Waals surface area contributed by atoms with E-state index in [-0.39, 0.29) is 30.0 Å². The van der Waals surface area contributed by atoms with Gasteiger partial charge in [0.15, 0.2) is 0 Å². The number of halogens is 1. The summed E-state index contributed by atoms with van der Waals surface area (Å²) >= 11 is 6.20. The van der Waals surface area contributed by atoms with Crippen LogP contribution in [0.4, 0.5) is 5.82 Å². The van der Waals surface area contributed by atoms with Gasteiger partial charge in [-0.3, -0.25) is 4.79 Å². The van der Waals surface area contributed by atoms with Gasteiger partial charge >= 0.3 is 0 Å². The fourth-order valence-corrected chi connectivity index (χ4v) is 5.52. The predicted molar refractivity (Wildman–Crippen MR) is 117 cm³/mol. The Morgan fingerprint density at radius 2 is 1.83 bits per heavy atom. The molecular formula is C21H25ClN4O3S. The molecule has 9 heteroatoms. The summed E-state index contributed by atoms with van der Waals surface area (Å²) in [6.07, 6.45) is 2.48. The van der Waals surface area contributed by atoms with E-state index in [1.54, 1.807) is 6.20 Å². The molecule has 4 rings (SSSR count). The highest BCUT2D eigenvalue weighted by molar-refractivity contribution is 7.89. The van der Waals surface area contributed by atoms with Crippen molar-refractivity contribution in [3.05, 3.63) is 59.2 Å². The van der Waals surface area contributed by atoms with Gasteiger partial charge in [-0.2, -0.15) is 4.31 Å². The molecule has 30 heavy (non-hydrogen) atoms. The van der Waals surface area contributed by atoms with Crippen molar-refractivity contribution < 1.29 is 13.2 Å². The minimum absolute atomic E-state index is 0.0915. The first-order valence-corrected chi connectivity index (χ1v) is 12.1. The minimum Gasteiger partial charge on any atom is -0.355 e. The maximum absolute atomic E-state index is 12.6. The number of carbonyl (C=O) groups excluding carboxylic acids is 1. The van der Waals surface area contributed by atoms with Gasteiger partial charge in [0.05, 0.1) is 5.75 Å². The molecule has 160 valence electrons. The Labute approximate surface area is 182 Å². The first-order valence-electron chi connectivity index (χ1n) is 10.1. The van der Waals surface area contributed by atoms with E-state index in [0.717, 1.165) is 17.8 Å². The zero-order valence-electron chi connectivity index (χ0n) is 16.6. The fraction of sp³-hybridized carbons (Fsp3) is 0.429. The predicted octanol–water partition coefficient (Wildman–Crippen LogP) is 2.11. The molecule has 0 spiro atoms. The van der Waals surface area contributed by atoms with Crippen LogP contribution < -0.4 is 10.2 Å². The lowest BCUT2D eigenvalue weighted by molar-refractivity contribution is -0.122. The van der Waals surface area contributed by atoms with Crippen LogP contribution in [0.15, 0.2) is 48.7 Å². The van der Waals surface area contributed by atoms with Crippen LogP contribution in [0, 0.1) is 5.92 Å². The van der Waals surface area contributed by atoms with Gasteiger partial charge in [-0.15, -0.1) is 0 Å². The van der Waals surface area contributed by atoms with Gasteiger partial charge in [-0.05, 0) is 36.1 Å². The summed E-state index contributed by atoms with van der Waals surface area (Å²) in [7, 11) is -3.41. The summed E-state index contributed by atoms with van der Waals surface area (Å²) in [5, 5.41) is 3.46. The summed E-state index contributed by atoms with van der Waals surface area (Å²) in [5.41, 5.74) is 0.984. The van der Waals surface area contributed by atoms with Crippen molar-refractivity contribution in [2.75, 3.05) is 43.4 Å². The van der Waals surface area contributed by atoms with Crippen molar-refractivity contribution in [2.24, 2.45) is 5.92 Å². The van der Waals surface area contributed by atoms with Gasteiger partial charge in [-0.25, -0.2) is 13.4 Å². The number of hydrogen-bond donors (Lipinski definition) is 1. The van der Waals surface area contributed by atoms with Crippen LogP contribution >= 0.6 is 11.6 Å². The number of rotatable bonds is 7. The molecule has 1 N–H and O–H groups in total. The zero-order valence-corrected chi connectivity index (χ0v) is 18.1. The molecule has 1 amide bonds. The topological polar surface area (TPSA) is 82.6 Å². The third-order valence-corrected chi connectivity index (χ3v) is 7.91. The number of piperazine rings is 1. The third kappa shape index (κ3) is 4.77. The molecule has 2 aliphatic rings. The van der Waals surface area contributed by atoms with E-state index in [9.17, 15) is 13.2 Å². The first-order chi connectivity index (χ1) is 14.5. The van der Waals surface area contributed by atoms with Crippen molar-refractivity contribution in [1.82, 2.24) is 14.6 Å². The van der Waals surface area contributed by atoms with E-state index in [2.05, 4.69) is 15.2 Å². The number of benzene rings is 1. The average molecular weight is 449 g/mol. The summed E-state index contributed by atoms with van der Waals surface area (Å²) < 4.78 is 26.8. The summed E-state index contributed by atoms with van der Waals surface area (Å²) in [6, 6.07) is 13.2. The van der Waals surface area contributed by atoms with Crippen LogP contribution in [0.1, 0.15) is 17.9 Å². The summed E-state index contributed by atoms with van der Waals surface area (Å²) in [5.74, 6) is 0.658. The van der Waals surface area contributed by atoms with Gasteiger partial charge in [0.25, 0.3) is 0 Å². The van der Waals surface area contributed by atoms with E-state index in [1.807, 2.05) is 42.5 Å². The van der Waals surface area contributed by atoms with E-state index in [1.165, 1.54) is 4.31 Å². The van der Waals surface area contributed by atoms with Crippen LogP contribution in [0.2, 0.25) is 5.02 Å². The lowest BCUT2D eigenvalue weighted by Crippen LogP contribution is -2.50. The fourth-order valence-electron chi connectivity index (χ4n) is 3.90. The molecule has 2 atom stereocenters. The van der Waals surface area contributed by atoms with Crippen LogP contribution in [-0.4, -0.2) is 62.1 Å². The molecule has 0 bridgehead atoms. The van der Waals surface area contributed by atoms with Crippen molar-refractivity contribution in [3.8, 4) is 0 Å². The third-order valence-electron chi connectivity index (χ3n) is 5.70. The second-order valence-corrected chi connectivity index (χ2v) is 10.1. The second kappa shape index (κ2) is 8.91. The number of anilines is 1. The average Bonchev–Trinajstić information content (AvgIpc) is 3.55. The largest absolute Gasteiger partial charge is 0.355 e. The molecule has 1 aliphatic heterocycles. The maximum atomic E-state index is 12.6. The number of pyridine rings is 1. The molecule has 2 heterocycles. The van der Waals surface area contributed by atoms with Crippen molar-refractivity contribution >= 4 is 33.3 Å². The molecule has 2 aromatic rings. The lowest BCUT2D eigenvalue weighted by Gasteiger charge is -2.34. The molecule has 1 aliphatic carbocycles. The Morgan fingerprint density at radius 3 is 2.53 bits per heavy atom. The van der Waals surface area contributed by atoms with Crippen molar-refractivity contribution in [1.29, 1.82) is 0 Å². The molecule has 1 saturated heterocycles. The monoisotopic (exact) mass is 448 g/mol. The highest BCUT2D eigenvalue weighted by atomic mass is 35.5. The van der Waals surface area contributed by atoms with Crippen LogP contribution in [-0.2, 0) is 14.8 Å².